The van der Waals surface area contributed by atoms with Gasteiger partial charge in [-0.3, -0.25) is 0 Å². The second kappa shape index (κ2) is 5.49. The molecule has 2 nitrogen and oxygen atoms in total. The van der Waals surface area contributed by atoms with Crippen molar-refractivity contribution in [2.45, 2.75) is 32.1 Å². The fraction of sp³-hybridized carbons (Fsp3) is 0.375. The Morgan fingerprint density at radius 1 is 1.16 bits per heavy atom. The molecule has 0 saturated heterocycles. The molecule has 1 aliphatic carbocycles. The van der Waals surface area contributed by atoms with Crippen LogP contribution in [0, 0.1) is 5.92 Å². The van der Waals surface area contributed by atoms with Crippen molar-refractivity contribution in [3.05, 3.63) is 46.7 Å². The molecule has 0 amide bonds. The van der Waals surface area contributed by atoms with Crippen molar-refractivity contribution < 1.29 is 0 Å². The lowest BCUT2D eigenvalue weighted by atomic mass is 9.98. The number of hydrogen-bond acceptors (Lipinski definition) is 1. The monoisotopic (exact) mass is 317 g/mol. The zero-order valence-electron chi connectivity index (χ0n) is 11.2. The molecule has 3 rings (SSSR count). The zero-order chi connectivity index (χ0) is 13.2. The van der Waals surface area contributed by atoms with Gasteiger partial charge in [0.1, 0.15) is 0 Å². The van der Waals surface area contributed by atoms with Crippen molar-refractivity contribution in [3.63, 3.8) is 0 Å². The molecule has 1 radical (unpaired) electrons. The molecule has 1 aromatic heterocycles. The van der Waals surface area contributed by atoms with Crippen LogP contribution in [0.15, 0.2) is 35.1 Å². The lowest BCUT2D eigenvalue weighted by Gasteiger charge is -2.11. The summed E-state index contributed by atoms with van der Waals surface area (Å²) in [6.45, 7) is 0. The average molecular weight is 318 g/mol. The Balaban J connectivity index is 1.91. The SMILES string of the molecule is Cn1cnc(-c2ccc(Br)cc2)c1C[C]1CCCC1. The number of halogens is 1. The molecule has 0 aliphatic heterocycles. The summed E-state index contributed by atoms with van der Waals surface area (Å²) in [5, 5.41) is 0. The maximum atomic E-state index is 4.59. The van der Waals surface area contributed by atoms with Crippen LogP contribution in [0.4, 0.5) is 0 Å². The van der Waals surface area contributed by atoms with Gasteiger partial charge in [-0.2, -0.15) is 0 Å². The van der Waals surface area contributed by atoms with Crippen LogP contribution >= 0.6 is 15.9 Å². The van der Waals surface area contributed by atoms with E-state index in [1.165, 1.54) is 36.9 Å². The molecule has 1 aromatic carbocycles. The van der Waals surface area contributed by atoms with E-state index >= 15 is 0 Å². The molecule has 0 atom stereocenters. The summed E-state index contributed by atoms with van der Waals surface area (Å²) in [5.41, 5.74) is 3.69. The third-order valence-electron chi connectivity index (χ3n) is 3.90. The first-order chi connectivity index (χ1) is 9.24. The molecule has 1 saturated carbocycles. The standard InChI is InChI=1S/C16H18BrN2/c1-19-11-18-16(13-6-8-14(17)9-7-13)15(19)10-12-4-2-3-5-12/h6-9,11H,2-5,10H2,1H3. The Morgan fingerprint density at radius 3 is 2.53 bits per heavy atom. The number of hydrogen-bond donors (Lipinski definition) is 0. The van der Waals surface area contributed by atoms with Crippen LogP contribution in [0.25, 0.3) is 11.3 Å². The van der Waals surface area contributed by atoms with Crippen molar-refractivity contribution in [1.29, 1.82) is 0 Å². The summed E-state index contributed by atoms with van der Waals surface area (Å²) < 4.78 is 3.28. The van der Waals surface area contributed by atoms with E-state index in [1.807, 2.05) is 6.33 Å². The Hall–Kier alpha value is -1.09. The Kier molecular flexibility index (Phi) is 3.74. The third-order valence-corrected chi connectivity index (χ3v) is 4.43. The largest absolute Gasteiger partial charge is 0.337 e. The van der Waals surface area contributed by atoms with Crippen LogP contribution in [0.5, 0.6) is 0 Å². The Morgan fingerprint density at radius 2 is 1.84 bits per heavy atom. The molecule has 0 bridgehead atoms. The minimum absolute atomic E-state index is 1.09. The van der Waals surface area contributed by atoms with E-state index in [9.17, 15) is 0 Å². The van der Waals surface area contributed by atoms with Gasteiger partial charge >= 0.3 is 0 Å². The van der Waals surface area contributed by atoms with Gasteiger partial charge in [0, 0.05) is 22.8 Å². The topological polar surface area (TPSA) is 17.8 Å². The van der Waals surface area contributed by atoms with Gasteiger partial charge in [0.2, 0.25) is 0 Å². The van der Waals surface area contributed by atoms with Gasteiger partial charge < -0.3 is 4.57 Å². The second-order valence-corrected chi connectivity index (χ2v) is 6.21. The molecule has 0 unspecified atom stereocenters. The number of benzene rings is 1. The van der Waals surface area contributed by atoms with Crippen molar-refractivity contribution >= 4 is 15.9 Å². The molecule has 1 fully saturated rings. The van der Waals surface area contributed by atoms with Gasteiger partial charge in [0.15, 0.2) is 0 Å². The van der Waals surface area contributed by atoms with Crippen molar-refractivity contribution in [3.8, 4) is 11.3 Å². The number of rotatable bonds is 3. The molecule has 99 valence electrons. The molecular weight excluding hydrogens is 300 g/mol. The predicted molar refractivity (Wildman–Crippen MR) is 81.8 cm³/mol. The summed E-state index contributed by atoms with van der Waals surface area (Å²) in [7, 11) is 2.10. The second-order valence-electron chi connectivity index (χ2n) is 5.29. The molecule has 2 aromatic rings. The smallest absolute Gasteiger partial charge is 0.0953 e. The summed E-state index contributed by atoms with van der Waals surface area (Å²) in [6.07, 6.45) is 8.33. The number of imidazole rings is 1. The molecule has 1 aliphatic rings. The first-order valence-electron chi connectivity index (χ1n) is 6.84. The lowest BCUT2D eigenvalue weighted by molar-refractivity contribution is 0.763. The van der Waals surface area contributed by atoms with Gasteiger partial charge in [0.25, 0.3) is 0 Å². The van der Waals surface area contributed by atoms with E-state index in [0.29, 0.717) is 0 Å². The minimum atomic E-state index is 1.09. The third kappa shape index (κ3) is 2.76. The summed E-state index contributed by atoms with van der Waals surface area (Å²) in [4.78, 5) is 4.59. The fourth-order valence-electron chi connectivity index (χ4n) is 2.80. The van der Waals surface area contributed by atoms with E-state index in [-0.39, 0.29) is 0 Å². The zero-order valence-corrected chi connectivity index (χ0v) is 12.8. The molecule has 0 spiro atoms. The number of nitrogens with zero attached hydrogens (tertiary/aromatic N) is 2. The van der Waals surface area contributed by atoms with Crippen molar-refractivity contribution in [2.24, 2.45) is 7.05 Å². The van der Waals surface area contributed by atoms with Crippen molar-refractivity contribution in [1.82, 2.24) is 9.55 Å². The van der Waals surface area contributed by atoms with Crippen LogP contribution in [-0.2, 0) is 13.5 Å². The summed E-state index contributed by atoms with van der Waals surface area (Å²) >= 11 is 3.48. The fourth-order valence-corrected chi connectivity index (χ4v) is 3.07. The van der Waals surface area contributed by atoms with Crippen LogP contribution in [0.1, 0.15) is 31.4 Å². The lowest BCUT2D eigenvalue weighted by Crippen LogP contribution is -2.03. The quantitative estimate of drug-likeness (QED) is 0.812. The van der Waals surface area contributed by atoms with Gasteiger partial charge in [-0.05, 0) is 37.3 Å². The molecule has 0 N–H and O–H groups in total. The first-order valence-corrected chi connectivity index (χ1v) is 7.63. The van der Waals surface area contributed by atoms with Crippen LogP contribution in [-0.4, -0.2) is 9.55 Å². The summed E-state index contributed by atoms with van der Waals surface area (Å²) in [5.74, 6) is 1.68. The minimum Gasteiger partial charge on any atom is -0.337 e. The van der Waals surface area contributed by atoms with Crippen molar-refractivity contribution in [2.75, 3.05) is 0 Å². The van der Waals surface area contributed by atoms with E-state index in [0.717, 1.165) is 16.6 Å². The summed E-state index contributed by atoms with van der Waals surface area (Å²) in [6, 6.07) is 8.43. The number of aryl methyl sites for hydroxylation is 1. The van der Waals surface area contributed by atoms with Gasteiger partial charge in [-0.1, -0.05) is 40.9 Å². The highest BCUT2D eigenvalue weighted by Crippen LogP contribution is 2.33. The normalized spacial score (nSPS) is 16.1. The highest BCUT2D eigenvalue weighted by atomic mass is 79.9. The first kappa shape index (κ1) is 12.9. The van der Waals surface area contributed by atoms with E-state index < -0.39 is 0 Å². The predicted octanol–water partition coefficient (Wildman–Crippen LogP) is 4.54. The Labute approximate surface area is 123 Å². The molecule has 3 heteroatoms. The van der Waals surface area contributed by atoms with E-state index in [2.05, 4.69) is 56.8 Å². The van der Waals surface area contributed by atoms with Crippen LogP contribution < -0.4 is 0 Å². The van der Waals surface area contributed by atoms with E-state index in [4.69, 9.17) is 0 Å². The highest BCUT2D eigenvalue weighted by molar-refractivity contribution is 9.10. The van der Waals surface area contributed by atoms with Crippen LogP contribution in [0.3, 0.4) is 0 Å². The molecule has 1 heterocycles. The van der Waals surface area contributed by atoms with Gasteiger partial charge in [0.05, 0.1) is 12.0 Å². The highest BCUT2D eigenvalue weighted by Gasteiger charge is 2.20. The van der Waals surface area contributed by atoms with Gasteiger partial charge in [-0.15, -0.1) is 0 Å². The maximum Gasteiger partial charge on any atom is 0.0953 e. The van der Waals surface area contributed by atoms with E-state index in [1.54, 1.807) is 5.92 Å². The number of aromatic nitrogens is 2. The van der Waals surface area contributed by atoms with Gasteiger partial charge in [-0.25, -0.2) is 4.98 Å². The average Bonchev–Trinajstić information content (AvgIpc) is 3.03. The Bertz CT molecular complexity index is 551. The molecular formula is C16H18BrN2. The molecule has 19 heavy (non-hydrogen) atoms. The maximum absolute atomic E-state index is 4.59. The van der Waals surface area contributed by atoms with Crippen LogP contribution in [0.2, 0.25) is 0 Å².